The lowest BCUT2D eigenvalue weighted by molar-refractivity contribution is 0.371. The van der Waals surface area contributed by atoms with Crippen LogP contribution >= 0.6 is 0 Å². The van der Waals surface area contributed by atoms with Gasteiger partial charge in [0.2, 0.25) is 0 Å². The first kappa shape index (κ1) is 7.73. The molecule has 0 bridgehead atoms. The smallest absolute Gasteiger partial charge is 0.137 e. The van der Waals surface area contributed by atoms with E-state index in [1.807, 2.05) is 0 Å². The minimum absolute atomic E-state index is 0.573. The average molecular weight is 166 g/mol. The molecular weight excluding hydrogens is 152 g/mol. The van der Waals surface area contributed by atoms with Gasteiger partial charge < -0.3 is 5.32 Å². The molecule has 12 heavy (non-hydrogen) atoms. The minimum Gasteiger partial charge on any atom is -0.314 e. The zero-order valence-electron chi connectivity index (χ0n) is 7.25. The number of H-pyrrole nitrogens is 1. The van der Waals surface area contributed by atoms with Crippen LogP contribution in [0.4, 0.5) is 0 Å². The third kappa shape index (κ3) is 1.48. The first-order chi connectivity index (χ1) is 5.86. The van der Waals surface area contributed by atoms with Crippen LogP contribution < -0.4 is 5.32 Å². The van der Waals surface area contributed by atoms with Gasteiger partial charge in [-0.15, -0.1) is 0 Å². The van der Waals surface area contributed by atoms with Crippen molar-refractivity contribution in [3.05, 3.63) is 12.2 Å². The fourth-order valence-electron chi connectivity index (χ4n) is 1.79. The van der Waals surface area contributed by atoms with Crippen LogP contribution in [0.3, 0.4) is 0 Å². The van der Waals surface area contributed by atoms with Gasteiger partial charge in [-0.05, 0) is 26.3 Å². The van der Waals surface area contributed by atoms with E-state index in [0.717, 1.165) is 18.8 Å². The van der Waals surface area contributed by atoms with E-state index >= 15 is 0 Å². The van der Waals surface area contributed by atoms with Crippen LogP contribution in [0.5, 0.6) is 0 Å². The van der Waals surface area contributed by atoms with Crippen molar-refractivity contribution in [1.82, 2.24) is 20.5 Å². The molecule has 1 saturated heterocycles. The van der Waals surface area contributed by atoms with E-state index in [2.05, 4.69) is 27.4 Å². The average Bonchev–Trinajstić information content (AvgIpc) is 2.56. The first-order valence-electron chi connectivity index (χ1n) is 4.45. The second kappa shape index (κ2) is 3.23. The summed E-state index contributed by atoms with van der Waals surface area (Å²) in [6, 6.07) is 0.605. The molecule has 2 atom stereocenters. The lowest BCUT2D eigenvalue weighted by Gasteiger charge is -2.26. The van der Waals surface area contributed by atoms with Gasteiger partial charge in [0, 0.05) is 12.0 Å². The van der Waals surface area contributed by atoms with Gasteiger partial charge in [-0.3, -0.25) is 5.10 Å². The van der Waals surface area contributed by atoms with E-state index in [4.69, 9.17) is 0 Å². The molecule has 1 aromatic rings. The summed E-state index contributed by atoms with van der Waals surface area (Å²) in [6.45, 7) is 3.30. The van der Waals surface area contributed by atoms with Crippen molar-refractivity contribution >= 4 is 0 Å². The van der Waals surface area contributed by atoms with Crippen LogP contribution in [0.25, 0.3) is 0 Å². The summed E-state index contributed by atoms with van der Waals surface area (Å²) in [5, 5.41) is 10.2. The Morgan fingerprint density at radius 2 is 2.50 bits per heavy atom. The van der Waals surface area contributed by atoms with E-state index in [0.29, 0.717) is 12.0 Å². The largest absolute Gasteiger partial charge is 0.314 e. The molecule has 2 heterocycles. The Labute approximate surface area is 71.8 Å². The van der Waals surface area contributed by atoms with Gasteiger partial charge >= 0.3 is 0 Å². The number of hydrogen-bond donors (Lipinski definition) is 2. The number of nitrogens with zero attached hydrogens (tertiary/aromatic N) is 2. The van der Waals surface area contributed by atoms with Crippen molar-refractivity contribution in [2.45, 2.75) is 31.7 Å². The Morgan fingerprint density at radius 3 is 3.17 bits per heavy atom. The molecule has 0 amide bonds. The molecule has 0 aromatic carbocycles. The second-order valence-electron chi connectivity index (χ2n) is 3.45. The van der Waals surface area contributed by atoms with Gasteiger partial charge in [0.1, 0.15) is 12.2 Å². The van der Waals surface area contributed by atoms with E-state index in [1.165, 1.54) is 6.42 Å². The highest BCUT2D eigenvalue weighted by Gasteiger charge is 2.21. The summed E-state index contributed by atoms with van der Waals surface area (Å²) in [5.41, 5.74) is 0. The lowest BCUT2D eigenvalue weighted by atomic mass is 9.93. The minimum atomic E-state index is 0.573. The van der Waals surface area contributed by atoms with Gasteiger partial charge in [-0.1, -0.05) is 0 Å². The Kier molecular flexibility index (Phi) is 2.08. The maximum atomic E-state index is 4.18. The molecule has 1 aromatic heterocycles. The van der Waals surface area contributed by atoms with Gasteiger partial charge in [0.05, 0.1) is 0 Å². The van der Waals surface area contributed by atoms with E-state index in [1.54, 1.807) is 6.33 Å². The van der Waals surface area contributed by atoms with Gasteiger partial charge in [-0.2, -0.15) is 5.10 Å². The van der Waals surface area contributed by atoms with Crippen LogP contribution in [-0.2, 0) is 0 Å². The van der Waals surface area contributed by atoms with Crippen molar-refractivity contribution in [3.8, 4) is 0 Å². The highest BCUT2D eigenvalue weighted by molar-refractivity contribution is 4.96. The van der Waals surface area contributed by atoms with Crippen molar-refractivity contribution in [3.63, 3.8) is 0 Å². The maximum absolute atomic E-state index is 4.18. The number of aromatic nitrogens is 3. The molecule has 2 rings (SSSR count). The topological polar surface area (TPSA) is 53.6 Å². The van der Waals surface area contributed by atoms with Gasteiger partial charge in [-0.25, -0.2) is 4.98 Å². The van der Waals surface area contributed by atoms with E-state index < -0.39 is 0 Å². The van der Waals surface area contributed by atoms with Crippen LogP contribution in [0.2, 0.25) is 0 Å². The zero-order chi connectivity index (χ0) is 8.39. The number of hydrogen-bond acceptors (Lipinski definition) is 3. The zero-order valence-corrected chi connectivity index (χ0v) is 7.25. The summed E-state index contributed by atoms with van der Waals surface area (Å²) in [5.74, 6) is 1.62. The number of piperidine rings is 1. The summed E-state index contributed by atoms with van der Waals surface area (Å²) in [4.78, 5) is 4.18. The highest BCUT2D eigenvalue weighted by atomic mass is 15.2. The molecule has 2 N–H and O–H groups in total. The number of nitrogens with one attached hydrogen (secondary N) is 2. The maximum Gasteiger partial charge on any atom is 0.137 e. The molecule has 4 heteroatoms. The molecule has 0 radical (unpaired) electrons. The number of aromatic amines is 1. The first-order valence-corrected chi connectivity index (χ1v) is 4.45. The summed E-state index contributed by atoms with van der Waals surface area (Å²) in [7, 11) is 0. The second-order valence-corrected chi connectivity index (χ2v) is 3.45. The molecular formula is C8H14N4. The van der Waals surface area contributed by atoms with Crippen molar-refractivity contribution in [1.29, 1.82) is 0 Å². The quantitative estimate of drug-likeness (QED) is 0.644. The SMILES string of the molecule is CC1CC(c2ncn[nH]2)CCN1. The third-order valence-electron chi connectivity index (χ3n) is 2.44. The fourth-order valence-corrected chi connectivity index (χ4v) is 1.79. The normalized spacial score (nSPS) is 30.4. The molecule has 1 aliphatic heterocycles. The Balaban J connectivity index is 2.04. The van der Waals surface area contributed by atoms with Gasteiger partial charge in [0.15, 0.2) is 0 Å². The molecule has 0 saturated carbocycles. The monoisotopic (exact) mass is 166 g/mol. The lowest BCUT2D eigenvalue weighted by Crippen LogP contribution is -2.35. The molecule has 66 valence electrons. The molecule has 1 fully saturated rings. The van der Waals surface area contributed by atoms with Crippen LogP contribution in [-0.4, -0.2) is 27.8 Å². The molecule has 0 aliphatic carbocycles. The Morgan fingerprint density at radius 1 is 1.58 bits per heavy atom. The predicted octanol–water partition coefficient (Wildman–Crippen LogP) is 0.660. The van der Waals surface area contributed by atoms with Crippen LogP contribution in [0.15, 0.2) is 6.33 Å². The third-order valence-corrected chi connectivity index (χ3v) is 2.44. The summed E-state index contributed by atoms with van der Waals surface area (Å²) >= 11 is 0. The van der Waals surface area contributed by atoms with Gasteiger partial charge in [0.25, 0.3) is 0 Å². The van der Waals surface area contributed by atoms with E-state index in [9.17, 15) is 0 Å². The summed E-state index contributed by atoms with van der Waals surface area (Å²) in [6.07, 6.45) is 3.91. The molecule has 4 nitrogen and oxygen atoms in total. The standard InChI is InChI=1S/C8H14N4/c1-6-4-7(2-3-9-6)8-10-5-11-12-8/h5-7,9H,2-4H2,1H3,(H,10,11,12). The Hall–Kier alpha value is -0.900. The van der Waals surface area contributed by atoms with Crippen molar-refractivity contribution in [2.75, 3.05) is 6.54 Å². The predicted molar refractivity (Wildman–Crippen MR) is 45.8 cm³/mol. The Bertz CT molecular complexity index is 231. The summed E-state index contributed by atoms with van der Waals surface area (Å²) < 4.78 is 0. The van der Waals surface area contributed by atoms with E-state index in [-0.39, 0.29) is 0 Å². The van der Waals surface area contributed by atoms with Crippen LogP contribution in [0, 0.1) is 0 Å². The molecule has 2 unspecified atom stereocenters. The van der Waals surface area contributed by atoms with Crippen LogP contribution in [0.1, 0.15) is 31.5 Å². The molecule has 1 aliphatic rings. The van der Waals surface area contributed by atoms with Crippen molar-refractivity contribution in [2.24, 2.45) is 0 Å². The fraction of sp³-hybridized carbons (Fsp3) is 0.750. The molecule has 0 spiro atoms. The highest BCUT2D eigenvalue weighted by Crippen LogP contribution is 2.23. The van der Waals surface area contributed by atoms with Crippen molar-refractivity contribution < 1.29 is 0 Å². The number of rotatable bonds is 1.